The highest BCUT2D eigenvalue weighted by molar-refractivity contribution is 7.92. The minimum absolute atomic E-state index is 0.00126. The second-order valence-electron chi connectivity index (χ2n) is 7.69. The van der Waals surface area contributed by atoms with Gasteiger partial charge in [-0.2, -0.15) is 0 Å². The molecule has 2 aromatic carbocycles. The molecule has 0 radical (unpaired) electrons. The smallest absolute Gasteiger partial charge is 0.338 e. The molecule has 1 saturated carbocycles. The lowest BCUT2D eigenvalue weighted by atomic mass is 9.95. The van der Waals surface area contributed by atoms with E-state index >= 15 is 0 Å². The highest BCUT2D eigenvalue weighted by Crippen LogP contribution is 2.22. The molecule has 8 heteroatoms. The van der Waals surface area contributed by atoms with Crippen molar-refractivity contribution in [2.75, 3.05) is 11.3 Å². The van der Waals surface area contributed by atoms with Crippen LogP contribution in [0.5, 0.6) is 0 Å². The molecule has 0 unspecified atom stereocenters. The number of hydrogen-bond donors (Lipinski definition) is 2. The van der Waals surface area contributed by atoms with E-state index in [0.29, 0.717) is 22.4 Å². The summed E-state index contributed by atoms with van der Waals surface area (Å²) in [5.74, 6) is -0.718. The number of rotatable bonds is 7. The number of ether oxygens (including phenoxy) is 1. The first kappa shape index (κ1) is 22.8. The molecule has 31 heavy (non-hydrogen) atoms. The van der Waals surface area contributed by atoms with Gasteiger partial charge in [-0.05, 0) is 68.7 Å². The van der Waals surface area contributed by atoms with Crippen LogP contribution in [-0.4, -0.2) is 32.9 Å². The highest BCUT2D eigenvalue weighted by Gasteiger charge is 2.21. The first-order chi connectivity index (χ1) is 14.8. The molecule has 0 saturated heterocycles. The molecule has 166 valence electrons. The Morgan fingerprint density at radius 3 is 2.35 bits per heavy atom. The Morgan fingerprint density at radius 1 is 1.03 bits per heavy atom. The van der Waals surface area contributed by atoms with E-state index in [1.54, 1.807) is 19.9 Å². The van der Waals surface area contributed by atoms with Crippen LogP contribution in [0.4, 0.5) is 5.69 Å². The summed E-state index contributed by atoms with van der Waals surface area (Å²) in [6, 6.07) is 10.6. The van der Waals surface area contributed by atoms with Crippen molar-refractivity contribution < 1.29 is 22.7 Å². The average molecular weight is 445 g/mol. The molecule has 1 amide bonds. The van der Waals surface area contributed by atoms with Gasteiger partial charge in [-0.15, -0.1) is 0 Å². The second-order valence-corrected chi connectivity index (χ2v) is 9.37. The van der Waals surface area contributed by atoms with E-state index in [1.807, 2.05) is 0 Å². The first-order valence-electron chi connectivity index (χ1n) is 10.5. The molecule has 0 aromatic heterocycles. The van der Waals surface area contributed by atoms with Crippen molar-refractivity contribution in [3.05, 3.63) is 59.2 Å². The molecule has 2 N–H and O–H groups in total. The van der Waals surface area contributed by atoms with Crippen LogP contribution in [0.15, 0.2) is 47.4 Å². The predicted octanol–water partition coefficient (Wildman–Crippen LogP) is 4.04. The number of hydrogen-bond acceptors (Lipinski definition) is 5. The molecular weight excluding hydrogens is 416 g/mol. The van der Waals surface area contributed by atoms with Gasteiger partial charge in [0.25, 0.3) is 15.9 Å². The van der Waals surface area contributed by atoms with E-state index in [9.17, 15) is 18.0 Å². The maximum Gasteiger partial charge on any atom is 0.338 e. The van der Waals surface area contributed by atoms with Crippen molar-refractivity contribution in [1.29, 1.82) is 0 Å². The van der Waals surface area contributed by atoms with Crippen molar-refractivity contribution in [3.63, 3.8) is 0 Å². The van der Waals surface area contributed by atoms with Crippen LogP contribution in [-0.2, 0) is 14.8 Å². The van der Waals surface area contributed by atoms with Gasteiger partial charge in [0, 0.05) is 17.3 Å². The normalized spacial score (nSPS) is 14.6. The molecule has 0 heterocycles. The third kappa shape index (κ3) is 5.85. The summed E-state index contributed by atoms with van der Waals surface area (Å²) in [6.45, 7) is 3.76. The predicted molar refractivity (Wildman–Crippen MR) is 119 cm³/mol. The standard InChI is InChI=1S/C23H28N2O5S/c1-3-30-23(27)17-10-12-19(13-11-17)25-31(28,29)20-14-9-16(2)21(15-20)22(26)24-18-7-5-4-6-8-18/h9-15,18,25H,3-8H2,1-2H3,(H,24,26). The van der Waals surface area contributed by atoms with Gasteiger partial charge in [-0.1, -0.05) is 25.3 Å². The van der Waals surface area contributed by atoms with Crippen LogP contribution in [0.1, 0.15) is 65.3 Å². The Kier molecular flexibility index (Phi) is 7.33. The summed E-state index contributed by atoms with van der Waals surface area (Å²) in [5.41, 5.74) is 1.71. The number of esters is 1. The molecule has 0 bridgehead atoms. The minimum Gasteiger partial charge on any atom is -0.462 e. The first-order valence-corrected chi connectivity index (χ1v) is 12.0. The molecule has 3 rings (SSSR count). The molecule has 1 aliphatic rings. The van der Waals surface area contributed by atoms with Gasteiger partial charge in [0.05, 0.1) is 17.1 Å². The van der Waals surface area contributed by atoms with Gasteiger partial charge in [-0.3, -0.25) is 9.52 Å². The van der Waals surface area contributed by atoms with Gasteiger partial charge in [0.1, 0.15) is 0 Å². The van der Waals surface area contributed by atoms with Crippen LogP contribution in [0.25, 0.3) is 0 Å². The van der Waals surface area contributed by atoms with Crippen molar-refractivity contribution in [3.8, 4) is 0 Å². The zero-order valence-corrected chi connectivity index (χ0v) is 18.6. The van der Waals surface area contributed by atoms with E-state index in [4.69, 9.17) is 4.74 Å². The fraction of sp³-hybridized carbons (Fsp3) is 0.391. The monoisotopic (exact) mass is 444 g/mol. The topological polar surface area (TPSA) is 102 Å². The fourth-order valence-corrected chi connectivity index (χ4v) is 4.71. The number of anilines is 1. The van der Waals surface area contributed by atoms with Crippen LogP contribution >= 0.6 is 0 Å². The molecule has 0 aliphatic heterocycles. The molecule has 1 aliphatic carbocycles. The minimum atomic E-state index is -3.91. The molecule has 1 fully saturated rings. The van der Waals surface area contributed by atoms with Gasteiger partial charge in [0.15, 0.2) is 0 Å². The Hall–Kier alpha value is -2.87. The third-order valence-electron chi connectivity index (χ3n) is 5.35. The van der Waals surface area contributed by atoms with Crippen LogP contribution in [0.3, 0.4) is 0 Å². The number of sulfonamides is 1. The lowest BCUT2D eigenvalue weighted by Crippen LogP contribution is -2.36. The van der Waals surface area contributed by atoms with Gasteiger partial charge in [-0.25, -0.2) is 13.2 Å². The Bertz CT molecular complexity index is 1040. The van der Waals surface area contributed by atoms with Crippen molar-refractivity contribution in [2.24, 2.45) is 0 Å². The number of aryl methyl sites for hydroxylation is 1. The van der Waals surface area contributed by atoms with E-state index in [-0.39, 0.29) is 23.5 Å². The molecule has 7 nitrogen and oxygen atoms in total. The molecule has 0 atom stereocenters. The van der Waals surface area contributed by atoms with E-state index < -0.39 is 16.0 Å². The quantitative estimate of drug-likeness (QED) is 0.628. The van der Waals surface area contributed by atoms with Gasteiger partial charge < -0.3 is 10.1 Å². The number of carbonyl (C=O) groups excluding carboxylic acids is 2. The summed E-state index contributed by atoms with van der Waals surface area (Å²) in [5, 5.41) is 3.03. The Morgan fingerprint density at radius 2 is 1.71 bits per heavy atom. The summed E-state index contributed by atoms with van der Waals surface area (Å²) < 4.78 is 33.1. The molecule has 2 aromatic rings. The maximum atomic E-state index is 12.9. The number of amides is 1. The summed E-state index contributed by atoms with van der Waals surface area (Å²) >= 11 is 0. The third-order valence-corrected chi connectivity index (χ3v) is 6.73. The SMILES string of the molecule is CCOC(=O)c1ccc(NS(=O)(=O)c2ccc(C)c(C(=O)NC3CCCCC3)c2)cc1. The molecular formula is C23H28N2O5S. The summed E-state index contributed by atoms with van der Waals surface area (Å²) in [6.07, 6.45) is 5.28. The Balaban J connectivity index is 1.75. The number of carbonyl (C=O) groups is 2. The second kappa shape index (κ2) is 9.96. The zero-order valence-electron chi connectivity index (χ0n) is 17.8. The number of benzene rings is 2. The van der Waals surface area contributed by atoms with Crippen LogP contribution in [0, 0.1) is 6.92 Å². The van der Waals surface area contributed by atoms with Crippen LogP contribution in [0.2, 0.25) is 0 Å². The van der Waals surface area contributed by atoms with Crippen molar-refractivity contribution >= 4 is 27.6 Å². The summed E-state index contributed by atoms with van der Waals surface area (Å²) in [7, 11) is -3.91. The fourth-order valence-electron chi connectivity index (χ4n) is 3.63. The average Bonchev–Trinajstić information content (AvgIpc) is 2.75. The largest absolute Gasteiger partial charge is 0.462 e. The molecule has 0 spiro atoms. The van der Waals surface area contributed by atoms with E-state index in [0.717, 1.165) is 25.7 Å². The highest BCUT2D eigenvalue weighted by atomic mass is 32.2. The maximum absolute atomic E-state index is 12.9. The lowest BCUT2D eigenvalue weighted by molar-refractivity contribution is 0.0526. The van der Waals surface area contributed by atoms with Gasteiger partial charge >= 0.3 is 5.97 Å². The lowest BCUT2D eigenvalue weighted by Gasteiger charge is -2.23. The number of nitrogens with one attached hydrogen (secondary N) is 2. The van der Waals surface area contributed by atoms with Crippen LogP contribution < -0.4 is 10.0 Å². The Labute approximate surface area is 183 Å². The summed E-state index contributed by atoms with van der Waals surface area (Å²) in [4.78, 5) is 24.5. The van der Waals surface area contributed by atoms with E-state index in [2.05, 4.69) is 10.0 Å². The zero-order chi connectivity index (χ0) is 22.4. The van der Waals surface area contributed by atoms with Crippen molar-refractivity contribution in [1.82, 2.24) is 5.32 Å². The van der Waals surface area contributed by atoms with E-state index in [1.165, 1.54) is 42.8 Å². The van der Waals surface area contributed by atoms with Gasteiger partial charge in [0.2, 0.25) is 0 Å². The van der Waals surface area contributed by atoms with Crippen molar-refractivity contribution in [2.45, 2.75) is 56.9 Å².